The number of carbonyl (C=O) groups excluding carboxylic acids is 1. The highest BCUT2D eigenvalue weighted by molar-refractivity contribution is 5.99. The van der Waals surface area contributed by atoms with Gasteiger partial charge in [-0.2, -0.15) is 0 Å². The lowest BCUT2D eigenvalue weighted by molar-refractivity contribution is 0.262. The smallest absolute Gasteiger partial charge is 0.323 e. The van der Waals surface area contributed by atoms with Crippen molar-refractivity contribution in [3.63, 3.8) is 0 Å². The molecule has 3 aromatic carbocycles. The molecule has 26 heavy (non-hydrogen) atoms. The molecule has 0 saturated heterocycles. The van der Waals surface area contributed by atoms with Crippen LogP contribution in [-0.2, 0) is 6.54 Å². The Hall–Kier alpha value is -3.47. The summed E-state index contributed by atoms with van der Waals surface area (Å²) in [5.41, 5.74) is 3.52. The van der Waals surface area contributed by atoms with Crippen LogP contribution in [0.5, 0.6) is 5.75 Å². The summed E-state index contributed by atoms with van der Waals surface area (Å²) in [7, 11) is 1.67. The standard InChI is InChI=1S/C21H21N3O2/c1-26-20-10-6-5-7-16(20)15-22-17-11-13-19(14-12-17)24-21(25)23-18-8-3-2-4-9-18/h2-14,22H,15H2,1H3,(H2,23,24,25). The summed E-state index contributed by atoms with van der Waals surface area (Å²) in [6.07, 6.45) is 0. The number of para-hydroxylation sites is 2. The molecule has 0 aliphatic rings. The van der Waals surface area contributed by atoms with E-state index in [-0.39, 0.29) is 6.03 Å². The Morgan fingerprint density at radius 1 is 0.769 bits per heavy atom. The van der Waals surface area contributed by atoms with Crippen molar-refractivity contribution in [3.05, 3.63) is 84.4 Å². The maximum Gasteiger partial charge on any atom is 0.323 e. The van der Waals surface area contributed by atoms with Gasteiger partial charge in [-0.15, -0.1) is 0 Å². The molecule has 3 N–H and O–H groups in total. The topological polar surface area (TPSA) is 62.4 Å². The number of urea groups is 1. The van der Waals surface area contributed by atoms with Crippen LogP contribution in [0.4, 0.5) is 21.9 Å². The summed E-state index contributed by atoms with van der Waals surface area (Å²) in [6, 6.07) is 24.5. The summed E-state index contributed by atoms with van der Waals surface area (Å²) in [5, 5.41) is 8.94. The van der Waals surface area contributed by atoms with Crippen LogP contribution in [-0.4, -0.2) is 13.1 Å². The second kappa shape index (κ2) is 8.58. The predicted octanol–water partition coefficient (Wildman–Crippen LogP) is 4.95. The summed E-state index contributed by atoms with van der Waals surface area (Å²) >= 11 is 0. The molecule has 0 unspecified atom stereocenters. The van der Waals surface area contributed by atoms with Gasteiger partial charge < -0.3 is 20.7 Å². The highest BCUT2D eigenvalue weighted by Gasteiger charge is 2.04. The van der Waals surface area contributed by atoms with E-state index in [0.717, 1.165) is 28.4 Å². The Labute approximate surface area is 153 Å². The SMILES string of the molecule is COc1ccccc1CNc1ccc(NC(=O)Nc2ccccc2)cc1. The number of methoxy groups -OCH3 is 1. The monoisotopic (exact) mass is 347 g/mol. The van der Waals surface area contributed by atoms with Gasteiger partial charge in [0.1, 0.15) is 5.75 Å². The van der Waals surface area contributed by atoms with E-state index in [2.05, 4.69) is 16.0 Å². The molecule has 0 bridgehead atoms. The highest BCUT2D eigenvalue weighted by atomic mass is 16.5. The molecule has 0 radical (unpaired) electrons. The second-order valence-electron chi connectivity index (χ2n) is 5.69. The summed E-state index contributed by atoms with van der Waals surface area (Å²) in [5.74, 6) is 0.857. The molecule has 132 valence electrons. The van der Waals surface area contributed by atoms with Gasteiger partial charge in [0.25, 0.3) is 0 Å². The molecule has 0 saturated carbocycles. The van der Waals surface area contributed by atoms with Crippen LogP contribution in [0.1, 0.15) is 5.56 Å². The van der Waals surface area contributed by atoms with Crippen molar-refractivity contribution in [2.24, 2.45) is 0 Å². The van der Waals surface area contributed by atoms with Gasteiger partial charge in [-0.1, -0.05) is 36.4 Å². The quantitative estimate of drug-likeness (QED) is 0.591. The number of hydrogen-bond acceptors (Lipinski definition) is 3. The Bertz CT molecular complexity index is 849. The molecule has 5 nitrogen and oxygen atoms in total. The second-order valence-corrected chi connectivity index (χ2v) is 5.69. The van der Waals surface area contributed by atoms with Crippen molar-refractivity contribution in [1.29, 1.82) is 0 Å². The highest BCUT2D eigenvalue weighted by Crippen LogP contribution is 2.20. The first-order chi connectivity index (χ1) is 12.7. The van der Waals surface area contributed by atoms with Crippen LogP contribution in [0, 0.1) is 0 Å². The number of benzene rings is 3. The molecular formula is C21H21N3O2. The fourth-order valence-corrected chi connectivity index (χ4v) is 2.53. The van der Waals surface area contributed by atoms with E-state index in [1.165, 1.54) is 0 Å². The van der Waals surface area contributed by atoms with E-state index >= 15 is 0 Å². The van der Waals surface area contributed by atoms with E-state index in [1.54, 1.807) is 7.11 Å². The van der Waals surface area contributed by atoms with Crippen LogP contribution < -0.4 is 20.7 Å². The van der Waals surface area contributed by atoms with Crippen LogP contribution in [0.2, 0.25) is 0 Å². The van der Waals surface area contributed by atoms with Crippen molar-refractivity contribution in [3.8, 4) is 5.75 Å². The van der Waals surface area contributed by atoms with Crippen LogP contribution in [0.25, 0.3) is 0 Å². The summed E-state index contributed by atoms with van der Waals surface area (Å²) < 4.78 is 5.35. The van der Waals surface area contributed by atoms with Crippen molar-refractivity contribution < 1.29 is 9.53 Å². The van der Waals surface area contributed by atoms with E-state index in [0.29, 0.717) is 6.54 Å². The average molecular weight is 347 g/mol. The molecule has 0 spiro atoms. The number of rotatable bonds is 6. The zero-order valence-corrected chi connectivity index (χ0v) is 14.5. The number of hydrogen-bond donors (Lipinski definition) is 3. The predicted molar refractivity (Wildman–Crippen MR) is 106 cm³/mol. The molecule has 2 amide bonds. The zero-order chi connectivity index (χ0) is 18.2. The summed E-state index contributed by atoms with van der Waals surface area (Å²) in [6.45, 7) is 0.658. The Morgan fingerprint density at radius 2 is 1.35 bits per heavy atom. The number of nitrogens with one attached hydrogen (secondary N) is 3. The lowest BCUT2D eigenvalue weighted by Gasteiger charge is -2.11. The third kappa shape index (κ3) is 4.77. The first-order valence-corrected chi connectivity index (χ1v) is 8.33. The Balaban J connectivity index is 1.54. The van der Waals surface area contributed by atoms with Crippen molar-refractivity contribution in [2.45, 2.75) is 6.54 Å². The third-order valence-electron chi connectivity index (χ3n) is 3.85. The number of anilines is 3. The van der Waals surface area contributed by atoms with Gasteiger partial charge in [-0.3, -0.25) is 0 Å². The van der Waals surface area contributed by atoms with Gasteiger partial charge in [0, 0.05) is 29.2 Å². The molecule has 5 heteroatoms. The minimum atomic E-state index is -0.272. The van der Waals surface area contributed by atoms with Gasteiger partial charge in [-0.25, -0.2) is 4.79 Å². The first kappa shape index (κ1) is 17.4. The Kier molecular flexibility index (Phi) is 5.72. The van der Waals surface area contributed by atoms with Crippen molar-refractivity contribution >= 4 is 23.1 Å². The summed E-state index contributed by atoms with van der Waals surface area (Å²) in [4.78, 5) is 12.0. The fourth-order valence-electron chi connectivity index (χ4n) is 2.53. The van der Waals surface area contributed by atoms with Gasteiger partial charge in [-0.05, 0) is 42.5 Å². The molecule has 0 aliphatic carbocycles. The van der Waals surface area contributed by atoms with Gasteiger partial charge in [0.15, 0.2) is 0 Å². The largest absolute Gasteiger partial charge is 0.496 e. The van der Waals surface area contributed by atoms with Crippen molar-refractivity contribution in [2.75, 3.05) is 23.1 Å². The zero-order valence-electron chi connectivity index (χ0n) is 14.5. The van der Waals surface area contributed by atoms with Crippen LogP contribution >= 0.6 is 0 Å². The van der Waals surface area contributed by atoms with Crippen LogP contribution in [0.3, 0.4) is 0 Å². The average Bonchev–Trinajstić information content (AvgIpc) is 2.68. The van der Waals surface area contributed by atoms with E-state index in [1.807, 2.05) is 78.9 Å². The molecule has 0 atom stereocenters. The molecule has 0 aromatic heterocycles. The number of amides is 2. The minimum Gasteiger partial charge on any atom is -0.496 e. The van der Waals surface area contributed by atoms with Gasteiger partial charge in [0.05, 0.1) is 7.11 Å². The van der Waals surface area contributed by atoms with Gasteiger partial charge in [0.2, 0.25) is 0 Å². The fraction of sp³-hybridized carbons (Fsp3) is 0.0952. The van der Waals surface area contributed by atoms with E-state index < -0.39 is 0 Å². The molecule has 0 aliphatic heterocycles. The molecular weight excluding hydrogens is 326 g/mol. The number of ether oxygens (including phenoxy) is 1. The normalized spacial score (nSPS) is 10.0. The minimum absolute atomic E-state index is 0.272. The molecule has 3 rings (SSSR count). The van der Waals surface area contributed by atoms with E-state index in [9.17, 15) is 4.79 Å². The maximum absolute atomic E-state index is 12.0. The lowest BCUT2D eigenvalue weighted by atomic mass is 10.2. The Morgan fingerprint density at radius 3 is 2.04 bits per heavy atom. The lowest BCUT2D eigenvalue weighted by Crippen LogP contribution is -2.19. The number of carbonyl (C=O) groups is 1. The first-order valence-electron chi connectivity index (χ1n) is 8.33. The molecule has 3 aromatic rings. The third-order valence-corrected chi connectivity index (χ3v) is 3.85. The molecule has 0 fully saturated rings. The van der Waals surface area contributed by atoms with Crippen LogP contribution in [0.15, 0.2) is 78.9 Å². The molecule has 0 heterocycles. The van der Waals surface area contributed by atoms with Crippen molar-refractivity contribution in [1.82, 2.24) is 0 Å². The maximum atomic E-state index is 12.0. The van der Waals surface area contributed by atoms with Gasteiger partial charge >= 0.3 is 6.03 Å². The van der Waals surface area contributed by atoms with E-state index in [4.69, 9.17) is 4.74 Å².